The van der Waals surface area contributed by atoms with E-state index in [-0.39, 0.29) is 11.4 Å². The fourth-order valence-corrected chi connectivity index (χ4v) is 3.07. The lowest BCUT2D eigenvalue weighted by Crippen LogP contribution is -2.43. The summed E-state index contributed by atoms with van der Waals surface area (Å²) in [4.78, 5) is 11.9. The molecule has 23 heavy (non-hydrogen) atoms. The number of esters is 1. The van der Waals surface area contributed by atoms with Crippen molar-refractivity contribution in [2.75, 3.05) is 18.8 Å². The van der Waals surface area contributed by atoms with E-state index in [1.807, 2.05) is 0 Å². The lowest BCUT2D eigenvalue weighted by atomic mass is 9.84. The van der Waals surface area contributed by atoms with E-state index < -0.39 is 23.3 Å². The van der Waals surface area contributed by atoms with Crippen LogP contribution in [-0.4, -0.2) is 24.8 Å². The van der Waals surface area contributed by atoms with Gasteiger partial charge in [0.1, 0.15) is 5.60 Å². The van der Waals surface area contributed by atoms with Gasteiger partial charge in [0, 0.05) is 18.6 Å². The minimum atomic E-state index is -4.56. The zero-order chi connectivity index (χ0) is 17.1. The SMILES string of the molecule is O=C(CCS)OC1(c2ccc(Cl)c(C(F)(F)F)c2)CCNCC1. The molecule has 0 aromatic heterocycles. The summed E-state index contributed by atoms with van der Waals surface area (Å²) in [5.74, 6) is -0.146. The van der Waals surface area contributed by atoms with Crippen LogP contribution < -0.4 is 5.32 Å². The predicted molar refractivity (Wildman–Crippen MR) is 84.8 cm³/mol. The van der Waals surface area contributed by atoms with Crippen molar-refractivity contribution in [3.63, 3.8) is 0 Å². The van der Waals surface area contributed by atoms with E-state index in [1.54, 1.807) is 0 Å². The Morgan fingerprint density at radius 3 is 2.57 bits per heavy atom. The van der Waals surface area contributed by atoms with E-state index in [4.69, 9.17) is 16.3 Å². The summed E-state index contributed by atoms with van der Waals surface area (Å²) in [7, 11) is 0. The van der Waals surface area contributed by atoms with Gasteiger partial charge in [0.15, 0.2) is 0 Å². The maximum Gasteiger partial charge on any atom is 0.417 e. The van der Waals surface area contributed by atoms with Gasteiger partial charge in [0.25, 0.3) is 0 Å². The van der Waals surface area contributed by atoms with Crippen LogP contribution in [0.2, 0.25) is 5.02 Å². The highest BCUT2D eigenvalue weighted by atomic mass is 35.5. The van der Waals surface area contributed by atoms with Gasteiger partial charge < -0.3 is 10.1 Å². The topological polar surface area (TPSA) is 38.3 Å². The van der Waals surface area contributed by atoms with Crippen LogP contribution in [0.5, 0.6) is 0 Å². The molecule has 1 aromatic rings. The minimum Gasteiger partial charge on any atom is -0.454 e. The first-order valence-electron chi connectivity index (χ1n) is 7.19. The number of nitrogens with one attached hydrogen (secondary N) is 1. The normalized spacial score (nSPS) is 17.8. The van der Waals surface area contributed by atoms with Crippen molar-refractivity contribution in [2.45, 2.75) is 31.0 Å². The maximum atomic E-state index is 13.1. The van der Waals surface area contributed by atoms with Crippen molar-refractivity contribution >= 4 is 30.2 Å². The molecule has 1 aliphatic rings. The van der Waals surface area contributed by atoms with Gasteiger partial charge in [-0.3, -0.25) is 4.79 Å². The molecule has 0 amide bonds. The number of halogens is 4. The first-order valence-corrected chi connectivity index (χ1v) is 8.20. The largest absolute Gasteiger partial charge is 0.454 e. The summed E-state index contributed by atoms with van der Waals surface area (Å²) in [5, 5.41) is 2.75. The van der Waals surface area contributed by atoms with Crippen molar-refractivity contribution in [1.82, 2.24) is 5.32 Å². The van der Waals surface area contributed by atoms with Crippen LogP contribution in [-0.2, 0) is 21.3 Å². The number of rotatable bonds is 4. The molecule has 0 unspecified atom stereocenters. The first kappa shape index (κ1) is 18.4. The highest BCUT2D eigenvalue weighted by Gasteiger charge is 2.40. The molecule has 0 spiro atoms. The Morgan fingerprint density at radius 1 is 1.35 bits per heavy atom. The number of piperidine rings is 1. The molecule has 0 radical (unpaired) electrons. The van der Waals surface area contributed by atoms with Gasteiger partial charge in [-0.15, -0.1) is 0 Å². The second kappa shape index (κ2) is 7.32. The van der Waals surface area contributed by atoms with Gasteiger partial charge in [-0.05, 0) is 30.8 Å². The molecule has 0 saturated carbocycles. The number of carbonyl (C=O) groups excluding carboxylic acids is 1. The summed E-state index contributed by atoms with van der Waals surface area (Å²) in [6.45, 7) is 1.11. The molecule has 0 atom stereocenters. The zero-order valence-electron chi connectivity index (χ0n) is 12.3. The first-order chi connectivity index (χ1) is 10.8. The molecule has 1 fully saturated rings. The number of ether oxygens (including phenoxy) is 1. The highest BCUT2D eigenvalue weighted by Crippen LogP contribution is 2.41. The molecule has 1 N–H and O–H groups in total. The number of hydrogen-bond acceptors (Lipinski definition) is 4. The summed E-state index contributed by atoms with van der Waals surface area (Å²) < 4.78 is 44.8. The Morgan fingerprint density at radius 2 is 2.00 bits per heavy atom. The molecular weight excluding hydrogens is 351 g/mol. The van der Waals surface area contributed by atoms with Crippen molar-refractivity contribution < 1.29 is 22.7 Å². The lowest BCUT2D eigenvalue weighted by Gasteiger charge is -2.38. The van der Waals surface area contributed by atoms with Gasteiger partial charge in [-0.25, -0.2) is 0 Å². The standard InChI is InChI=1S/C15H17ClF3NO2S/c16-12-2-1-10(9-11(12)15(17,18)19)14(4-6-20-7-5-14)22-13(21)3-8-23/h1-2,9,20,23H,3-8H2. The van der Waals surface area contributed by atoms with Crippen LogP contribution in [0.3, 0.4) is 0 Å². The molecule has 0 aliphatic carbocycles. The molecule has 3 nitrogen and oxygen atoms in total. The monoisotopic (exact) mass is 367 g/mol. The number of thiol groups is 1. The molecular formula is C15H17ClF3NO2S. The molecule has 1 aromatic carbocycles. The van der Waals surface area contributed by atoms with E-state index in [0.29, 0.717) is 37.2 Å². The van der Waals surface area contributed by atoms with E-state index in [2.05, 4.69) is 17.9 Å². The van der Waals surface area contributed by atoms with Gasteiger partial charge in [-0.1, -0.05) is 17.7 Å². The Kier molecular flexibility index (Phi) is 5.86. The van der Waals surface area contributed by atoms with Crippen LogP contribution in [0.1, 0.15) is 30.4 Å². The van der Waals surface area contributed by atoms with Crippen LogP contribution in [0, 0.1) is 0 Å². The van der Waals surface area contributed by atoms with Crippen LogP contribution in [0.15, 0.2) is 18.2 Å². The van der Waals surface area contributed by atoms with Crippen molar-refractivity contribution in [3.05, 3.63) is 34.3 Å². The van der Waals surface area contributed by atoms with E-state index >= 15 is 0 Å². The quantitative estimate of drug-likeness (QED) is 0.628. The van der Waals surface area contributed by atoms with Crippen LogP contribution in [0.25, 0.3) is 0 Å². The summed E-state index contributed by atoms with van der Waals surface area (Å²) >= 11 is 9.65. The van der Waals surface area contributed by atoms with E-state index in [0.717, 1.165) is 6.07 Å². The molecule has 2 rings (SSSR count). The molecule has 128 valence electrons. The second-order valence-corrected chi connectivity index (χ2v) is 6.24. The Labute approximate surface area is 142 Å². The van der Waals surface area contributed by atoms with E-state index in [1.165, 1.54) is 12.1 Å². The minimum absolute atomic E-state index is 0.109. The van der Waals surface area contributed by atoms with Gasteiger partial charge in [0.05, 0.1) is 17.0 Å². The van der Waals surface area contributed by atoms with Crippen LogP contribution >= 0.6 is 24.2 Å². The number of benzene rings is 1. The molecule has 1 aliphatic heterocycles. The highest BCUT2D eigenvalue weighted by molar-refractivity contribution is 7.80. The summed E-state index contributed by atoms with van der Waals surface area (Å²) in [6.07, 6.45) is -3.64. The van der Waals surface area contributed by atoms with Crippen molar-refractivity contribution in [2.24, 2.45) is 0 Å². The average Bonchev–Trinajstić information content (AvgIpc) is 2.47. The Bertz CT molecular complexity index is 574. The van der Waals surface area contributed by atoms with Crippen LogP contribution in [0.4, 0.5) is 13.2 Å². The summed E-state index contributed by atoms with van der Waals surface area (Å²) in [5.41, 5.74) is -1.65. The van der Waals surface area contributed by atoms with Gasteiger partial charge in [-0.2, -0.15) is 25.8 Å². The maximum absolute atomic E-state index is 13.1. The van der Waals surface area contributed by atoms with Gasteiger partial charge in [0.2, 0.25) is 0 Å². The molecule has 1 heterocycles. The smallest absolute Gasteiger partial charge is 0.417 e. The molecule has 1 saturated heterocycles. The Hall–Kier alpha value is -0.920. The summed E-state index contributed by atoms with van der Waals surface area (Å²) in [6, 6.07) is 3.69. The number of carbonyl (C=O) groups is 1. The lowest BCUT2D eigenvalue weighted by molar-refractivity contribution is -0.163. The third kappa shape index (κ3) is 4.33. The van der Waals surface area contributed by atoms with Crippen molar-refractivity contribution in [1.29, 1.82) is 0 Å². The second-order valence-electron chi connectivity index (χ2n) is 5.38. The van der Waals surface area contributed by atoms with Gasteiger partial charge >= 0.3 is 12.1 Å². The molecule has 8 heteroatoms. The fraction of sp³-hybridized carbons (Fsp3) is 0.533. The average molecular weight is 368 g/mol. The Balaban J connectivity index is 2.41. The number of alkyl halides is 3. The number of hydrogen-bond donors (Lipinski definition) is 2. The predicted octanol–water partition coefficient (Wildman–Crippen LogP) is 3.80. The van der Waals surface area contributed by atoms with Crippen molar-refractivity contribution in [3.8, 4) is 0 Å². The third-order valence-corrected chi connectivity index (χ3v) is 4.39. The van der Waals surface area contributed by atoms with E-state index in [9.17, 15) is 18.0 Å². The third-order valence-electron chi connectivity index (χ3n) is 3.83. The zero-order valence-corrected chi connectivity index (χ0v) is 13.9. The molecule has 0 bridgehead atoms. The fourth-order valence-electron chi connectivity index (χ4n) is 2.67.